The van der Waals surface area contributed by atoms with Gasteiger partial charge >= 0.3 is 5.97 Å². The number of aryl methyl sites for hydroxylation is 1. The van der Waals surface area contributed by atoms with Crippen molar-refractivity contribution in [2.75, 3.05) is 17.7 Å². The van der Waals surface area contributed by atoms with E-state index in [1.54, 1.807) is 36.4 Å². The Labute approximate surface area is 166 Å². The predicted octanol–water partition coefficient (Wildman–Crippen LogP) is 4.22. The van der Waals surface area contributed by atoms with Crippen LogP contribution in [0.25, 0.3) is 0 Å². The Hall–Kier alpha value is -3.45. The molecule has 0 aliphatic heterocycles. The Morgan fingerprint density at radius 1 is 1.04 bits per heavy atom. The zero-order valence-corrected chi connectivity index (χ0v) is 15.9. The number of amides is 1. The SMILES string of the molecule is COC(=O)c1ccccc1NC(=O)c1cc(Nc2cc(Cl)ccc2C)ncn1. The van der Waals surface area contributed by atoms with Gasteiger partial charge in [-0.25, -0.2) is 14.8 Å². The molecule has 1 amide bonds. The Morgan fingerprint density at radius 2 is 1.82 bits per heavy atom. The number of para-hydroxylation sites is 1. The maximum atomic E-state index is 12.6. The Kier molecular flexibility index (Phi) is 5.86. The van der Waals surface area contributed by atoms with Crippen LogP contribution in [0.2, 0.25) is 5.02 Å². The summed E-state index contributed by atoms with van der Waals surface area (Å²) < 4.78 is 4.73. The van der Waals surface area contributed by atoms with Crippen LogP contribution in [0.5, 0.6) is 0 Å². The molecule has 3 aromatic rings. The largest absolute Gasteiger partial charge is 0.465 e. The van der Waals surface area contributed by atoms with E-state index in [9.17, 15) is 9.59 Å². The molecule has 0 aliphatic rings. The normalized spacial score (nSPS) is 10.2. The molecule has 28 heavy (non-hydrogen) atoms. The number of anilines is 3. The van der Waals surface area contributed by atoms with E-state index >= 15 is 0 Å². The van der Waals surface area contributed by atoms with E-state index in [1.807, 2.05) is 13.0 Å². The summed E-state index contributed by atoms with van der Waals surface area (Å²) in [5.74, 6) is -0.589. The van der Waals surface area contributed by atoms with Gasteiger partial charge in [0.25, 0.3) is 5.91 Å². The minimum Gasteiger partial charge on any atom is -0.465 e. The third-order valence-corrected chi connectivity index (χ3v) is 4.18. The molecule has 2 aromatic carbocycles. The third-order valence-electron chi connectivity index (χ3n) is 3.94. The van der Waals surface area contributed by atoms with Gasteiger partial charge in [-0.3, -0.25) is 4.79 Å². The van der Waals surface area contributed by atoms with E-state index in [2.05, 4.69) is 20.6 Å². The fourth-order valence-electron chi connectivity index (χ4n) is 2.48. The van der Waals surface area contributed by atoms with Crippen molar-refractivity contribution < 1.29 is 14.3 Å². The molecule has 0 spiro atoms. The minimum absolute atomic E-state index is 0.136. The Bertz CT molecular complexity index is 1040. The highest BCUT2D eigenvalue weighted by atomic mass is 35.5. The molecule has 0 aliphatic carbocycles. The Balaban J connectivity index is 1.82. The van der Waals surface area contributed by atoms with Crippen molar-refractivity contribution in [1.82, 2.24) is 9.97 Å². The second-order valence-corrected chi connectivity index (χ2v) is 6.30. The number of hydrogen-bond donors (Lipinski definition) is 2. The van der Waals surface area contributed by atoms with Crippen LogP contribution in [0.3, 0.4) is 0 Å². The lowest BCUT2D eigenvalue weighted by Crippen LogP contribution is -2.17. The van der Waals surface area contributed by atoms with E-state index < -0.39 is 11.9 Å². The topological polar surface area (TPSA) is 93.2 Å². The van der Waals surface area contributed by atoms with Gasteiger partial charge in [-0.15, -0.1) is 0 Å². The van der Waals surface area contributed by atoms with Crippen LogP contribution in [0.1, 0.15) is 26.4 Å². The van der Waals surface area contributed by atoms with E-state index in [-0.39, 0.29) is 11.3 Å². The summed E-state index contributed by atoms with van der Waals surface area (Å²) in [6.07, 6.45) is 1.28. The third kappa shape index (κ3) is 4.44. The van der Waals surface area contributed by atoms with Crippen LogP contribution >= 0.6 is 11.6 Å². The first-order valence-corrected chi connectivity index (χ1v) is 8.69. The second-order valence-electron chi connectivity index (χ2n) is 5.86. The molecular weight excluding hydrogens is 380 g/mol. The number of aromatic nitrogens is 2. The van der Waals surface area contributed by atoms with E-state index in [1.165, 1.54) is 19.5 Å². The number of halogens is 1. The summed E-state index contributed by atoms with van der Waals surface area (Å²) in [5.41, 5.74) is 2.46. The lowest BCUT2D eigenvalue weighted by Gasteiger charge is -2.11. The molecule has 1 aromatic heterocycles. The number of methoxy groups -OCH3 is 1. The number of carbonyl (C=O) groups excluding carboxylic acids is 2. The van der Waals surface area contributed by atoms with Crippen molar-refractivity contribution in [2.45, 2.75) is 6.92 Å². The first-order chi connectivity index (χ1) is 13.5. The van der Waals surface area contributed by atoms with Gasteiger partial charge in [0.05, 0.1) is 18.4 Å². The van der Waals surface area contributed by atoms with Gasteiger partial charge in [0.1, 0.15) is 17.8 Å². The van der Waals surface area contributed by atoms with Gasteiger partial charge in [0.2, 0.25) is 0 Å². The molecule has 1 heterocycles. The number of carbonyl (C=O) groups is 2. The summed E-state index contributed by atoms with van der Waals surface area (Å²) in [4.78, 5) is 32.6. The fraction of sp³-hybridized carbons (Fsp3) is 0.100. The number of esters is 1. The maximum Gasteiger partial charge on any atom is 0.339 e. The van der Waals surface area contributed by atoms with Crippen molar-refractivity contribution in [3.05, 3.63) is 76.7 Å². The molecule has 0 saturated carbocycles. The highest BCUT2D eigenvalue weighted by molar-refractivity contribution is 6.30. The number of benzene rings is 2. The maximum absolute atomic E-state index is 12.6. The van der Waals surface area contributed by atoms with E-state index in [0.29, 0.717) is 16.5 Å². The molecule has 7 nitrogen and oxygen atoms in total. The molecule has 0 bridgehead atoms. The monoisotopic (exact) mass is 396 g/mol. The molecule has 2 N–H and O–H groups in total. The molecule has 0 saturated heterocycles. The lowest BCUT2D eigenvalue weighted by atomic mass is 10.1. The molecule has 3 rings (SSSR count). The standard InChI is InChI=1S/C20H17ClN4O3/c1-12-7-8-13(21)9-16(12)24-18-10-17(22-11-23-18)19(26)25-15-6-4-3-5-14(15)20(27)28-2/h3-11H,1-2H3,(H,25,26)(H,22,23,24). The van der Waals surface area contributed by atoms with Crippen molar-refractivity contribution in [1.29, 1.82) is 0 Å². The average Bonchev–Trinajstić information content (AvgIpc) is 2.71. The van der Waals surface area contributed by atoms with E-state index in [4.69, 9.17) is 16.3 Å². The smallest absolute Gasteiger partial charge is 0.339 e. The summed E-state index contributed by atoms with van der Waals surface area (Å²) in [6, 6.07) is 13.5. The summed E-state index contributed by atoms with van der Waals surface area (Å²) in [6.45, 7) is 1.93. The highest BCUT2D eigenvalue weighted by Gasteiger charge is 2.15. The van der Waals surface area contributed by atoms with Crippen LogP contribution in [-0.2, 0) is 4.74 Å². The highest BCUT2D eigenvalue weighted by Crippen LogP contribution is 2.23. The van der Waals surface area contributed by atoms with Crippen LogP contribution in [0.15, 0.2) is 54.9 Å². The number of nitrogens with zero attached hydrogens (tertiary/aromatic N) is 2. The lowest BCUT2D eigenvalue weighted by molar-refractivity contribution is 0.0602. The molecule has 0 radical (unpaired) electrons. The second kappa shape index (κ2) is 8.49. The van der Waals surface area contributed by atoms with Gasteiger partial charge in [-0.2, -0.15) is 0 Å². The van der Waals surface area contributed by atoms with Gasteiger partial charge in [0.15, 0.2) is 0 Å². The average molecular weight is 397 g/mol. The number of ether oxygens (including phenoxy) is 1. The van der Waals surface area contributed by atoms with Crippen molar-refractivity contribution in [3.63, 3.8) is 0 Å². The number of nitrogens with one attached hydrogen (secondary N) is 2. The van der Waals surface area contributed by atoms with Gasteiger partial charge in [0, 0.05) is 16.8 Å². The summed E-state index contributed by atoms with van der Waals surface area (Å²) in [5, 5.41) is 6.38. The molecule has 8 heteroatoms. The number of hydrogen-bond acceptors (Lipinski definition) is 6. The van der Waals surface area contributed by atoms with E-state index in [0.717, 1.165) is 11.3 Å². The van der Waals surface area contributed by atoms with Gasteiger partial charge < -0.3 is 15.4 Å². The number of rotatable bonds is 5. The van der Waals surface area contributed by atoms with Crippen molar-refractivity contribution in [3.8, 4) is 0 Å². The minimum atomic E-state index is -0.544. The predicted molar refractivity (Wildman–Crippen MR) is 107 cm³/mol. The van der Waals surface area contributed by atoms with Crippen LogP contribution in [-0.4, -0.2) is 29.0 Å². The quantitative estimate of drug-likeness (QED) is 0.627. The Morgan fingerprint density at radius 3 is 2.61 bits per heavy atom. The zero-order chi connectivity index (χ0) is 20.1. The molecule has 0 atom stereocenters. The van der Waals surface area contributed by atoms with Crippen molar-refractivity contribution >= 4 is 40.7 Å². The first kappa shape index (κ1) is 19.3. The van der Waals surface area contributed by atoms with Crippen molar-refractivity contribution in [2.24, 2.45) is 0 Å². The fourth-order valence-corrected chi connectivity index (χ4v) is 2.66. The zero-order valence-electron chi connectivity index (χ0n) is 15.2. The molecule has 0 fully saturated rings. The van der Waals surface area contributed by atoms with Gasteiger partial charge in [-0.05, 0) is 36.8 Å². The van der Waals surface area contributed by atoms with Gasteiger partial charge in [-0.1, -0.05) is 29.8 Å². The summed E-state index contributed by atoms with van der Waals surface area (Å²) >= 11 is 6.03. The molecule has 142 valence electrons. The first-order valence-electron chi connectivity index (χ1n) is 8.32. The van der Waals surface area contributed by atoms with Crippen LogP contribution < -0.4 is 10.6 Å². The molecule has 0 unspecified atom stereocenters. The molecular formula is C20H17ClN4O3. The van der Waals surface area contributed by atoms with Crippen LogP contribution in [0, 0.1) is 6.92 Å². The van der Waals surface area contributed by atoms with Crippen LogP contribution in [0.4, 0.5) is 17.2 Å². The summed E-state index contributed by atoms with van der Waals surface area (Å²) in [7, 11) is 1.28.